The standard InChI is InChI=1S/C24H27N3O3/c1-26(14-15-27-13-12-25-18-27)23(28)21(16-19-8-4-2-5-9-19)22(24(29)30)17-20-10-6-3-7-11-20/h2-13,18,21-22H,14-17H2,1H3,(H,29,30)/t21?,22-/m1/s1. The number of imidazole rings is 1. The lowest BCUT2D eigenvalue weighted by molar-refractivity contribution is -0.150. The van der Waals surface area contributed by atoms with Crippen molar-refractivity contribution in [2.24, 2.45) is 11.8 Å². The van der Waals surface area contributed by atoms with Gasteiger partial charge < -0.3 is 14.6 Å². The number of carboxylic acids is 1. The smallest absolute Gasteiger partial charge is 0.307 e. The molecule has 0 saturated heterocycles. The summed E-state index contributed by atoms with van der Waals surface area (Å²) in [5.74, 6) is -2.56. The van der Waals surface area contributed by atoms with Gasteiger partial charge in [0.15, 0.2) is 0 Å². The number of aromatic nitrogens is 2. The molecule has 2 atom stereocenters. The maximum atomic E-state index is 13.4. The number of aliphatic carboxylic acids is 1. The first-order valence-electron chi connectivity index (χ1n) is 10.1. The van der Waals surface area contributed by atoms with E-state index in [1.807, 2.05) is 71.4 Å². The van der Waals surface area contributed by atoms with Gasteiger partial charge in [0.05, 0.1) is 18.2 Å². The van der Waals surface area contributed by atoms with Crippen molar-refractivity contribution in [1.29, 1.82) is 0 Å². The third-order valence-electron chi connectivity index (χ3n) is 5.35. The zero-order valence-electron chi connectivity index (χ0n) is 17.1. The minimum atomic E-state index is -0.948. The number of carbonyl (C=O) groups is 2. The molecular formula is C24H27N3O3. The number of likely N-dealkylation sites (N-methyl/N-ethyl adjacent to an activating group) is 1. The molecule has 0 radical (unpaired) electrons. The summed E-state index contributed by atoms with van der Waals surface area (Å²) in [6.45, 7) is 1.09. The van der Waals surface area contributed by atoms with Crippen molar-refractivity contribution in [3.05, 3.63) is 90.5 Å². The van der Waals surface area contributed by atoms with E-state index in [0.29, 0.717) is 25.9 Å². The molecule has 0 saturated carbocycles. The van der Waals surface area contributed by atoms with E-state index in [1.165, 1.54) is 0 Å². The topological polar surface area (TPSA) is 75.4 Å². The second-order valence-corrected chi connectivity index (χ2v) is 7.49. The molecule has 0 fully saturated rings. The molecule has 1 aromatic heterocycles. The molecule has 6 heteroatoms. The predicted molar refractivity (Wildman–Crippen MR) is 115 cm³/mol. The predicted octanol–water partition coefficient (Wildman–Crippen LogP) is 3.14. The Morgan fingerprint density at radius 1 is 0.967 bits per heavy atom. The molecule has 6 nitrogen and oxygen atoms in total. The van der Waals surface area contributed by atoms with Gasteiger partial charge >= 0.3 is 5.97 Å². The van der Waals surface area contributed by atoms with Gasteiger partial charge in [0, 0.05) is 32.5 Å². The van der Waals surface area contributed by atoms with Crippen molar-refractivity contribution in [1.82, 2.24) is 14.5 Å². The van der Waals surface area contributed by atoms with E-state index in [0.717, 1.165) is 11.1 Å². The number of amides is 1. The second kappa shape index (κ2) is 10.4. The highest BCUT2D eigenvalue weighted by Gasteiger charge is 2.35. The number of rotatable bonds is 10. The summed E-state index contributed by atoms with van der Waals surface area (Å²) in [5.41, 5.74) is 1.87. The fraction of sp³-hybridized carbons (Fsp3) is 0.292. The van der Waals surface area contributed by atoms with Crippen molar-refractivity contribution in [3.8, 4) is 0 Å². The molecule has 0 aliphatic heterocycles. The SMILES string of the molecule is CN(CCn1ccnc1)C(=O)C(Cc1ccccc1)[C@@H](Cc1ccccc1)C(=O)O. The van der Waals surface area contributed by atoms with Crippen molar-refractivity contribution in [2.45, 2.75) is 19.4 Å². The average Bonchev–Trinajstić information content (AvgIpc) is 3.29. The Labute approximate surface area is 176 Å². The number of carboxylic acid groups (broad SMARTS) is 1. The van der Waals surface area contributed by atoms with Gasteiger partial charge in [0.2, 0.25) is 5.91 Å². The van der Waals surface area contributed by atoms with Gasteiger partial charge in [0.25, 0.3) is 0 Å². The van der Waals surface area contributed by atoms with Gasteiger partial charge in [-0.05, 0) is 24.0 Å². The van der Waals surface area contributed by atoms with Crippen LogP contribution in [0.25, 0.3) is 0 Å². The van der Waals surface area contributed by atoms with Crippen LogP contribution >= 0.6 is 0 Å². The van der Waals surface area contributed by atoms with E-state index in [1.54, 1.807) is 24.5 Å². The van der Waals surface area contributed by atoms with Crippen molar-refractivity contribution >= 4 is 11.9 Å². The Hall–Kier alpha value is -3.41. The van der Waals surface area contributed by atoms with Crippen LogP contribution in [-0.2, 0) is 29.0 Å². The zero-order chi connectivity index (χ0) is 21.3. The molecule has 0 aliphatic rings. The lowest BCUT2D eigenvalue weighted by atomic mass is 9.81. The summed E-state index contributed by atoms with van der Waals surface area (Å²) in [7, 11) is 1.73. The van der Waals surface area contributed by atoms with E-state index in [9.17, 15) is 14.7 Å². The van der Waals surface area contributed by atoms with Gasteiger partial charge in [-0.25, -0.2) is 4.98 Å². The van der Waals surface area contributed by atoms with Crippen LogP contribution in [-0.4, -0.2) is 45.0 Å². The summed E-state index contributed by atoms with van der Waals surface area (Å²) in [6.07, 6.45) is 5.94. The van der Waals surface area contributed by atoms with Gasteiger partial charge in [-0.15, -0.1) is 0 Å². The number of carbonyl (C=O) groups excluding carboxylic acids is 1. The molecule has 3 rings (SSSR count). The average molecular weight is 405 g/mol. The molecule has 1 unspecified atom stereocenters. The lowest BCUT2D eigenvalue weighted by Crippen LogP contribution is -2.42. The van der Waals surface area contributed by atoms with Crippen molar-refractivity contribution in [2.75, 3.05) is 13.6 Å². The van der Waals surface area contributed by atoms with Crippen LogP contribution in [0.2, 0.25) is 0 Å². The van der Waals surface area contributed by atoms with Crippen LogP contribution in [0, 0.1) is 11.8 Å². The second-order valence-electron chi connectivity index (χ2n) is 7.49. The van der Waals surface area contributed by atoms with Crippen molar-refractivity contribution < 1.29 is 14.7 Å². The molecule has 1 amide bonds. The van der Waals surface area contributed by atoms with Crippen LogP contribution in [0.1, 0.15) is 11.1 Å². The Kier molecular flexibility index (Phi) is 7.38. The Balaban J connectivity index is 1.81. The molecule has 2 aromatic carbocycles. The van der Waals surface area contributed by atoms with E-state index < -0.39 is 17.8 Å². The van der Waals surface area contributed by atoms with Crippen LogP contribution < -0.4 is 0 Å². The number of benzene rings is 2. The van der Waals surface area contributed by atoms with Gasteiger partial charge in [0.1, 0.15) is 0 Å². The lowest BCUT2D eigenvalue weighted by Gasteiger charge is -2.28. The first-order valence-corrected chi connectivity index (χ1v) is 10.1. The Morgan fingerprint density at radius 2 is 1.53 bits per heavy atom. The van der Waals surface area contributed by atoms with Crippen LogP contribution in [0.3, 0.4) is 0 Å². The highest BCUT2D eigenvalue weighted by molar-refractivity contribution is 5.85. The quantitative estimate of drug-likeness (QED) is 0.562. The summed E-state index contributed by atoms with van der Waals surface area (Å²) in [4.78, 5) is 31.3. The Bertz CT molecular complexity index is 927. The Morgan fingerprint density at radius 3 is 2.03 bits per heavy atom. The highest BCUT2D eigenvalue weighted by Crippen LogP contribution is 2.25. The highest BCUT2D eigenvalue weighted by atomic mass is 16.4. The van der Waals surface area contributed by atoms with Crippen LogP contribution in [0.15, 0.2) is 79.4 Å². The molecule has 0 spiro atoms. The first-order chi connectivity index (χ1) is 14.5. The van der Waals surface area contributed by atoms with Crippen LogP contribution in [0.5, 0.6) is 0 Å². The molecular weight excluding hydrogens is 378 g/mol. The molecule has 1 N–H and O–H groups in total. The minimum absolute atomic E-state index is 0.151. The number of hydrogen-bond donors (Lipinski definition) is 1. The first kappa shape index (κ1) is 21.3. The summed E-state index contributed by atoms with van der Waals surface area (Å²) in [6, 6.07) is 19.1. The third kappa shape index (κ3) is 5.80. The van der Waals surface area contributed by atoms with Gasteiger partial charge in [-0.2, -0.15) is 0 Å². The molecule has 0 bridgehead atoms. The summed E-state index contributed by atoms with van der Waals surface area (Å²) < 4.78 is 1.90. The van der Waals surface area contributed by atoms with Gasteiger partial charge in [-0.3, -0.25) is 9.59 Å². The van der Waals surface area contributed by atoms with E-state index in [-0.39, 0.29) is 5.91 Å². The minimum Gasteiger partial charge on any atom is -0.481 e. The molecule has 0 aliphatic carbocycles. The monoisotopic (exact) mass is 405 g/mol. The van der Waals surface area contributed by atoms with E-state index >= 15 is 0 Å². The van der Waals surface area contributed by atoms with E-state index in [4.69, 9.17) is 0 Å². The van der Waals surface area contributed by atoms with Gasteiger partial charge in [-0.1, -0.05) is 60.7 Å². The van der Waals surface area contributed by atoms with E-state index in [2.05, 4.69) is 4.98 Å². The maximum absolute atomic E-state index is 13.4. The summed E-state index contributed by atoms with van der Waals surface area (Å²) in [5, 5.41) is 10.0. The fourth-order valence-corrected chi connectivity index (χ4v) is 3.62. The maximum Gasteiger partial charge on any atom is 0.307 e. The summed E-state index contributed by atoms with van der Waals surface area (Å²) >= 11 is 0. The molecule has 156 valence electrons. The fourth-order valence-electron chi connectivity index (χ4n) is 3.62. The third-order valence-corrected chi connectivity index (χ3v) is 5.35. The largest absolute Gasteiger partial charge is 0.481 e. The number of hydrogen-bond acceptors (Lipinski definition) is 3. The van der Waals surface area contributed by atoms with Crippen LogP contribution in [0.4, 0.5) is 0 Å². The molecule has 1 heterocycles. The molecule has 3 aromatic rings. The molecule has 30 heavy (non-hydrogen) atoms. The number of nitrogens with zero attached hydrogens (tertiary/aromatic N) is 3. The zero-order valence-corrected chi connectivity index (χ0v) is 17.1. The normalized spacial score (nSPS) is 12.8. The van der Waals surface area contributed by atoms with Crippen molar-refractivity contribution in [3.63, 3.8) is 0 Å².